The molecule has 1 rings (SSSR count). The highest BCUT2D eigenvalue weighted by Crippen LogP contribution is 2.32. The fourth-order valence-electron chi connectivity index (χ4n) is 1.22. The molecule has 4 nitrogen and oxygen atoms in total. The molecule has 0 aliphatic heterocycles. The van der Waals surface area contributed by atoms with Crippen molar-refractivity contribution in [1.82, 2.24) is 5.32 Å². The summed E-state index contributed by atoms with van der Waals surface area (Å²) in [6, 6.07) is 4.17. The van der Waals surface area contributed by atoms with Crippen LogP contribution in [0, 0.1) is 28.6 Å². The lowest BCUT2D eigenvalue weighted by Crippen LogP contribution is -2.35. The molecule has 1 N–H and O–H groups in total. The molecule has 0 bridgehead atoms. The molecule has 0 aromatic rings. The van der Waals surface area contributed by atoms with Crippen LogP contribution in [0.4, 0.5) is 0 Å². The van der Waals surface area contributed by atoms with Crippen molar-refractivity contribution in [3.05, 3.63) is 0 Å². The molecule has 0 unspecified atom stereocenters. The SMILES string of the molecule is COC[C@@H](NCC#N)C1CC1.Cl.N#CCCl. The van der Waals surface area contributed by atoms with Gasteiger partial charge in [0.1, 0.15) is 5.88 Å². The summed E-state index contributed by atoms with van der Waals surface area (Å²) in [5.74, 6) is 0.850. The van der Waals surface area contributed by atoms with E-state index in [1.54, 1.807) is 13.2 Å². The maximum Gasteiger partial charge on any atom is 0.109 e. The Bertz CT molecular complexity index is 233. The lowest BCUT2D eigenvalue weighted by Gasteiger charge is -2.14. The van der Waals surface area contributed by atoms with E-state index in [2.05, 4.69) is 11.4 Å². The molecule has 0 radical (unpaired) electrons. The lowest BCUT2D eigenvalue weighted by molar-refractivity contribution is 0.159. The van der Waals surface area contributed by atoms with Crippen LogP contribution in [0.3, 0.4) is 0 Å². The molecule has 0 heterocycles. The Hall–Kier alpha value is -0.520. The second-order valence-corrected chi connectivity index (χ2v) is 3.50. The van der Waals surface area contributed by atoms with Crippen LogP contribution < -0.4 is 5.32 Å². The molecular weight excluding hydrogens is 249 g/mol. The number of methoxy groups -OCH3 is 1. The smallest absolute Gasteiger partial charge is 0.109 e. The van der Waals surface area contributed by atoms with Gasteiger partial charge >= 0.3 is 0 Å². The fourth-order valence-corrected chi connectivity index (χ4v) is 1.22. The maximum atomic E-state index is 8.33. The van der Waals surface area contributed by atoms with Crippen LogP contribution in [-0.2, 0) is 4.74 Å². The van der Waals surface area contributed by atoms with Gasteiger partial charge in [-0.3, -0.25) is 5.32 Å². The minimum atomic E-state index is 0. The molecule has 1 aliphatic carbocycles. The monoisotopic (exact) mass is 265 g/mol. The molecule has 1 saturated carbocycles. The van der Waals surface area contributed by atoms with Crippen molar-refractivity contribution in [1.29, 1.82) is 10.5 Å². The quantitative estimate of drug-likeness (QED) is 0.607. The zero-order valence-corrected chi connectivity index (χ0v) is 10.9. The average molecular weight is 266 g/mol. The summed E-state index contributed by atoms with van der Waals surface area (Å²) >= 11 is 4.82. The molecule has 0 spiro atoms. The molecule has 1 fully saturated rings. The third kappa shape index (κ3) is 10.0. The van der Waals surface area contributed by atoms with Crippen molar-refractivity contribution in [3.8, 4) is 12.1 Å². The van der Waals surface area contributed by atoms with Crippen molar-refractivity contribution >= 4 is 24.0 Å². The van der Waals surface area contributed by atoms with Gasteiger partial charge in [-0.25, -0.2) is 0 Å². The third-order valence-electron chi connectivity index (χ3n) is 2.04. The Kier molecular flexibility index (Phi) is 14.0. The molecule has 1 aliphatic rings. The lowest BCUT2D eigenvalue weighted by atomic mass is 10.2. The molecule has 92 valence electrons. The van der Waals surface area contributed by atoms with Crippen LogP contribution in [0.1, 0.15) is 12.8 Å². The number of halogens is 2. The van der Waals surface area contributed by atoms with E-state index in [1.165, 1.54) is 12.8 Å². The molecule has 0 amide bonds. The van der Waals surface area contributed by atoms with Gasteiger partial charge in [-0.1, -0.05) is 0 Å². The molecule has 6 heteroatoms. The summed E-state index contributed by atoms with van der Waals surface area (Å²) in [4.78, 5) is 0. The number of nitrogens with one attached hydrogen (secondary N) is 1. The van der Waals surface area contributed by atoms with Crippen LogP contribution >= 0.6 is 24.0 Å². The zero-order valence-electron chi connectivity index (χ0n) is 9.28. The fraction of sp³-hybridized carbons (Fsp3) is 0.800. The number of alkyl halides is 1. The van der Waals surface area contributed by atoms with E-state index < -0.39 is 0 Å². The van der Waals surface area contributed by atoms with E-state index in [4.69, 9.17) is 26.9 Å². The maximum absolute atomic E-state index is 8.33. The Morgan fingerprint density at radius 1 is 1.44 bits per heavy atom. The van der Waals surface area contributed by atoms with Crippen molar-refractivity contribution in [2.45, 2.75) is 18.9 Å². The van der Waals surface area contributed by atoms with Gasteiger partial charge in [0.25, 0.3) is 0 Å². The van der Waals surface area contributed by atoms with Gasteiger partial charge in [0.15, 0.2) is 0 Å². The number of nitriles is 2. The Morgan fingerprint density at radius 2 is 2.00 bits per heavy atom. The van der Waals surface area contributed by atoms with Gasteiger partial charge in [-0.2, -0.15) is 10.5 Å². The number of hydrogen-bond acceptors (Lipinski definition) is 4. The van der Waals surface area contributed by atoms with Crippen LogP contribution in [-0.4, -0.2) is 32.2 Å². The van der Waals surface area contributed by atoms with Crippen LogP contribution in [0.15, 0.2) is 0 Å². The van der Waals surface area contributed by atoms with Crippen molar-refractivity contribution in [3.63, 3.8) is 0 Å². The van der Waals surface area contributed by atoms with E-state index in [0.29, 0.717) is 12.6 Å². The first-order valence-electron chi connectivity index (χ1n) is 4.82. The van der Waals surface area contributed by atoms with Crippen molar-refractivity contribution < 1.29 is 4.74 Å². The Labute approximate surface area is 108 Å². The highest BCUT2D eigenvalue weighted by Gasteiger charge is 2.30. The van der Waals surface area contributed by atoms with Crippen molar-refractivity contribution in [2.24, 2.45) is 5.92 Å². The summed E-state index contributed by atoms with van der Waals surface area (Å²) in [6.45, 7) is 1.16. The zero-order chi connectivity index (χ0) is 11.5. The first kappa shape index (κ1) is 17.9. The van der Waals surface area contributed by atoms with E-state index >= 15 is 0 Å². The van der Waals surface area contributed by atoms with Crippen LogP contribution in [0.25, 0.3) is 0 Å². The Balaban J connectivity index is 0. The number of nitrogens with zero attached hydrogens (tertiary/aromatic N) is 2. The average Bonchev–Trinajstić information content (AvgIpc) is 3.08. The van der Waals surface area contributed by atoms with E-state index in [9.17, 15) is 0 Å². The number of hydrogen-bond donors (Lipinski definition) is 1. The predicted molar refractivity (Wildman–Crippen MR) is 65.6 cm³/mol. The van der Waals surface area contributed by atoms with Crippen molar-refractivity contribution in [2.75, 3.05) is 26.1 Å². The van der Waals surface area contributed by atoms with E-state index in [1.807, 2.05) is 0 Å². The second-order valence-electron chi connectivity index (χ2n) is 3.23. The van der Waals surface area contributed by atoms with Gasteiger partial charge in [-0.15, -0.1) is 24.0 Å². The predicted octanol–water partition coefficient (Wildman–Crippen LogP) is 1.70. The molecule has 1 atom stereocenters. The summed E-state index contributed by atoms with van der Waals surface area (Å²) in [7, 11) is 1.70. The minimum absolute atomic E-state index is 0. The summed E-state index contributed by atoms with van der Waals surface area (Å²) < 4.78 is 5.03. The first-order chi connectivity index (χ1) is 7.29. The highest BCUT2D eigenvalue weighted by atomic mass is 35.5. The molecule has 0 aromatic heterocycles. The summed E-state index contributed by atoms with van der Waals surface area (Å²) in [5.41, 5.74) is 0. The largest absolute Gasteiger partial charge is 0.383 e. The van der Waals surface area contributed by atoms with Gasteiger partial charge in [0.05, 0.1) is 25.3 Å². The van der Waals surface area contributed by atoms with E-state index in [-0.39, 0.29) is 18.3 Å². The summed E-state index contributed by atoms with van der Waals surface area (Å²) in [6.07, 6.45) is 2.57. The normalized spacial score (nSPS) is 14.5. The molecular formula is C10H17Cl2N3O. The summed E-state index contributed by atoms with van der Waals surface area (Å²) in [5, 5.41) is 19.0. The molecule has 0 aromatic carbocycles. The number of ether oxygens (including phenoxy) is 1. The van der Waals surface area contributed by atoms with Crippen LogP contribution in [0.5, 0.6) is 0 Å². The standard InChI is InChI=1S/C8H14N2O.C2H2ClN.ClH/c1-11-6-8(7-2-3-7)10-5-4-9;3-1-2-4;/h7-8,10H,2-3,5-6H2,1H3;1H2;1H/t8-;;/m1../s1. The van der Waals surface area contributed by atoms with Gasteiger partial charge in [-0.05, 0) is 18.8 Å². The topological polar surface area (TPSA) is 68.8 Å². The van der Waals surface area contributed by atoms with Gasteiger partial charge < -0.3 is 4.74 Å². The second kappa shape index (κ2) is 12.5. The number of rotatable bonds is 5. The highest BCUT2D eigenvalue weighted by molar-refractivity contribution is 6.19. The van der Waals surface area contributed by atoms with Crippen LogP contribution in [0.2, 0.25) is 0 Å². The molecule has 16 heavy (non-hydrogen) atoms. The van der Waals surface area contributed by atoms with Gasteiger partial charge in [0, 0.05) is 13.2 Å². The third-order valence-corrected chi connectivity index (χ3v) is 2.16. The molecule has 0 saturated heterocycles. The Morgan fingerprint density at radius 3 is 2.31 bits per heavy atom. The minimum Gasteiger partial charge on any atom is -0.383 e. The van der Waals surface area contributed by atoms with Gasteiger partial charge in [0.2, 0.25) is 0 Å². The van der Waals surface area contributed by atoms with E-state index in [0.717, 1.165) is 12.5 Å². The first-order valence-corrected chi connectivity index (χ1v) is 5.35.